The number of fused-ring (bicyclic) bond motifs is 2. The molecule has 2 heterocycles. The lowest BCUT2D eigenvalue weighted by Gasteiger charge is -2.10. The maximum absolute atomic E-state index is 13.1. The van der Waals surface area contributed by atoms with Crippen molar-refractivity contribution in [2.45, 2.75) is 9.79 Å². The van der Waals surface area contributed by atoms with E-state index in [0.717, 1.165) is 6.07 Å². The zero-order valence-electron chi connectivity index (χ0n) is 22.2. The standard InChI is InChI=1S/C26H21N5O10S2/c1-29-13-17(28-26(33)23-9-15-7-18(31(34)35)5-6-21(15)30(23)2)11-22(29)25(32)27-16-4-3-14-8-19(42(36,37)38)12-24(20(14)10-16)43(39,40)41/h3-13H,1-2H3,(H,27,32)(H,28,33)(H,36,37,38)(H,39,40,41). The fraction of sp³-hybridized carbons (Fsp3) is 0.0769. The summed E-state index contributed by atoms with van der Waals surface area (Å²) in [5.74, 6) is -1.18. The summed E-state index contributed by atoms with van der Waals surface area (Å²) < 4.78 is 69.1. The van der Waals surface area contributed by atoms with E-state index in [9.17, 15) is 45.6 Å². The fourth-order valence-corrected chi connectivity index (χ4v) is 6.00. The Labute approximate surface area is 243 Å². The summed E-state index contributed by atoms with van der Waals surface area (Å²) >= 11 is 0. The van der Waals surface area contributed by atoms with Crippen LogP contribution in [0.15, 0.2) is 76.7 Å². The lowest BCUT2D eigenvalue weighted by atomic mass is 10.1. The van der Waals surface area contributed by atoms with Gasteiger partial charge in [-0.1, -0.05) is 6.07 Å². The summed E-state index contributed by atoms with van der Waals surface area (Å²) in [6.45, 7) is 0. The van der Waals surface area contributed by atoms with Crippen LogP contribution in [0.1, 0.15) is 21.0 Å². The minimum absolute atomic E-state index is 0.0487. The average molecular weight is 628 g/mol. The second-order valence-corrected chi connectivity index (χ2v) is 12.3. The highest BCUT2D eigenvalue weighted by Crippen LogP contribution is 2.30. The quantitative estimate of drug-likeness (QED) is 0.117. The van der Waals surface area contributed by atoms with Crippen LogP contribution >= 0.6 is 0 Å². The molecule has 17 heteroatoms. The first-order chi connectivity index (χ1) is 20.0. The zero-order valence-corrected chi connectivity index (χ0v) is 23.8. The van der Waals surface area contributed by atoms with E-state index in [0.29, 0.717) is 17.0 Å². The van der Waals surface area contributed by atoms with Crippen molar-refractivity contribution in [3.05, 3.63) is 88.4 Å². The van der Waals surface area contributed by atoms with Crippen molar-refractivity contribution >= 4 is 70.8 Å². The molecule has 4 N–H and O–H groups in total. The molecule has 0 saturated carbocycles. The topological polar surface area (TPSA) is 220 Å². The van der Waals surface area contributed by atoms with Gasteiger partial charge in [-0.25, -0.2) is 0 Å². The molecule has 3 aromatic carbocycles. The molecule has 5 rings (SSSR count). The van der Waals surface area contributed by atoms with E-state index in [2.05, 4.69) is 10.6 Å². The summed E-state index contributed by atoms with van der Waals surface area (Å²) in [4.78, 5) is 35.1. The van der Waals surface area contributed by atoms with Gasteiger partial charge in [-0.3, -0.25) is 28.8 Å². The average Bonchev–Trinajstić information content (AvgIpc) is 3.45. The SMILES string of the molecule is Cn1cc(NC(=O)c2cc3cc([N+](=O)[O-])ccc3n2C)cc1C(=O)Nc1ccc2cc(S(=O)(=O)O)cc(S(=O)(=O)O)c2c1. The summed E-state index contributed by atoms with van der Waals surface area (Å²) in [5, 5.41) is 16.8. The maximum atomic E-state index is 13.1. The summed E-state index contributed by atoms with van der Waals surface area (Å²) in [6, 6.07) is 12.6. The van der Waals surface area contributed by atoms with Crippen LogP contribution in [0.2, 0.25) is 0 Å². The molecule has 5 aromatic rings. The predicted octanol–water partition coefficient (Wildman–Crippen LogP) is 3.58. The minimum atomic E-state index is -4.93. The molecule has 0 unspecified atom stereocenters. The lowest BCUT2D eigenvalue weighted by Crippen LogP contribution is -2.15. The molecular weight excluding hydrogens is 606 g/mol. The highest BCUT2D eigenvalue weighted by Gasteiger charge is 2.22. The number of amides is 2. The normalized spacial score (nSPS) is 12.0. The number of hydrogen-bond acceptors (Lipinski definition) is 8. The van der Waals surface area contributed by atoms with Gasteiger partial charge in [0.15, 0.2) is 0 Å². The van der Waals surface area contributed by atoms with Crippen molar-refractivity contribution < 1.29 is 40.5 Å². The molecule has 2 amide bonds. The smallest absolute Gasteiger partial charge is 0.295 e. The van der Waals surface area contributed by atoms with Crippen molar-refractivity contribution in [1.82, 2.24) is 9.13 Å². The summed E-state index contributed by atoms with van der Waals surface area (Å²) in [6.07, 6.45) is 1.48. The third-order valence-corrected chi connectivity index (χ3v) is 8.41. The van der Waals surface area contributed by atoms with Crippen LogP contribution in [0.4, 0.5) is 17.1 Å². The van der Waals surface area contributed by atoms with Gasteiger partial charge in [0, 0.05) is 54.4 Å². The van der Waals surface area contributed by atoms with E-state index in [4.69, 9.17) is 0 Å². The van der Waals surface area contributed by atoms with Gasteiger partial charge in [0.25, 0.3) is 37.7 Å². The molecule has 0 radical (unpaired) electrons. The number of hydrogen-bond donors (Lipinski definition) is 4. The number of non-ortho nitro benzene ring substituents is 1. The van der Waals surface area contributed by atoms with Crippen molar-refractivity contribution in [3.63, 3.8) is 0 Å². The third-order valence-electron chi connectivity index (χ3n) is 6.69. The van der Waals surface area contributed by atoms with E-state index in [-0.39, 0.29) is 39.2 Å². The van der Waals surface area contributed by atoms with Crippen molar-refractivity contribution in [2.75, 3.05) is 10.6 Å². The molecule has 0 saturated heterocycles. The molecule has 0 aliphatic carbocycles. The number of nitro benzene ring substituents is 1. The zero-order chi connectivity index (χ0) is 31.4. The third kappa shape index (κ3) is 5.69. The van der Waals surface area contributed by atoms with Gasteiger partial charge in [-0.15, -0.1) is 0 Å². The largest absolute Gasteiger partial charge is 0.344 e. The number of nitrogens with zero attached hydrogens (tertiary/aromatic N) is 3. The Morgan fingerprint density at radius 3 is 2.12 bits per heavy atom. The molecule has 0 aliphatic heterocycles. The number of nitro groups is 1. The molecule has 0 spiro atoms. The summed E-state index contributed by atoms with van der Waals surface area (Å²) in [7, 11) is -6.54. The molecule has 43 heavy (non-hydrogen) atoms. The van der Waals surface area contributed by atoms with E-state index < -0.39 is 46.8 Å². The number of aryl methyl sites for hydroxylation is 2. The lowest BCUT2D eigenvalue weighted by molar-refractivity contribution is -0.384. The molecule has 222 valence electrons. The Hall–Kier alpha value is -5.10. The van der Waals surface area contributed by atoms with Gasteiger partial charge in [0.2, 0.25) is 0 Å². The number of carbonyl (C=O) groups is 2. The Morgan fingerprint density at radius 1 is 0.791 bits per heavy atom. The van der Waals surface area contributed by atoms with Crippen molar-refractivity contribution in [2.24, 2.45) is 14.1 Å². The Morgan fingerprint density at radius 2 is 1.47 bits per heavy atom. The van der Waals surface area contributed by atoms with E-state index in [1.165, 1.54) is 59.3 Å². The van der Waals surface area contributed by atoms with E-state index >= 15 is 0 Å². The summed E-state index contributed by atoms with van der Waals surface area (Å²) in [5.41, 5.74) is 1.16. The van der Waals surface area contributed by atoms with Crippen LogP contribution < -0.4 is 10.6 Å². The molecular formula is C26H21N5O10S2. The minimum Gasteiger partial charge on any atom is -0.344 e. The fourth-order valence-electron chi connectivity index (χ4n) is 4.65. The number of nitrogens with one attached hydrogen (secondary N) is 2. The second-order valence-electron chi connectivity index (χ2n) is 9.53. The van der Waals surface area contributed by atoms with Gasteiger partial charge in [0.1, 0.15) is 16.3 Å². The molecule has 0 aliphatic rings. The first-order valence-electron chi connectivity index (χ1n) is 12.1. The monoisotopic (exact) mass is 627 g/mol. The van der Waals surface area contributed by atoms with Gasteiger partial charge in [-0.05, 0) is 47.9 Å². The number of aromatic nitrogens is 2. The van der Waals surface area contributed by atoms with Crippen LogP contribution in [0.25, 0.3) is 21.7 Å². The van der Waals surface area contributed by atoms with Crippen molar-refractivity contribution in [1.29, 1.82) is 0 Å². The Bertz CT molecular complexity index is 2240. The van der Waals surface area contributed by atoms with Crippen LogP contribution in [0, 0.1) is 10.1 Å². The van der Waals surface area contributed by atoms with Gasteiger partial charge >= 0.3 is 0 Å². The number of rotatable bonds is 7. The van der Waals surface area contributed by atoms with Crippen LogP contribution in [-0.2, 0) is 34.3 Å². The first-order valence-corrected chi connectivity index (χ1v) is 15.0. The number of carbonyl (C=O) groups excluding carboxylic acids is 2. The Kier molecular flexibility index (Phi) is 7.05. The predicted molar refractivity (Wildman–Crippen MR) is 154 cm³/mol. The molecule has 0 fully saturated rings. The second kappa shape index (κ2) is 10.3. The first kappa shape index (κ1) is 29.4. The highest BCUT2D eigenvalue weighted by atomic mass is 32.2. The van der Waals surface area contributed by atoms with Gasteiger partial charge in [-0.2, -0.15) is 16.8 Å². The van der Waals surface area contributed by atoms with E-state index in [1.807, 2.05) is 0 Å². The van der Waals surface area contributed by atoms with Crippen LogP contribution in [0.5, 0.6) is 0 Å². The Balaban J connectivity index is 1.40. The maximum Gasteiger partial charge on any atom is 0.295 e. The number of benzene rings is 3. The van der Waals surface area contributed by atoms with Crippen LogP contribution in [0.3, 0.4) is 0 Å². The molecule has 2 aromatic heterocycles. The molecule has 0 bridgehead atoms. The highest BCUT2D eigenvalue weighted by molar-refractivity contribution is 7.86. The molecule has 0 atom stereocenters. The molecule has 15 nitrogen and oxygen atoms in total. The van der Waals surface area contributed by atoms with Gasteiger partial charge < -0.3 is 19.8 Å². The van der Waals surface area contributed by atoms with E-state index in [1.54, 1.807) is 18.7 Å². The van der Waals surface area contributed by atoms with Crippen molar-refractivity contribution in [3.8, 4) is 0 Å². The van der Waals surface area contributed by atoms with Gasteiger partial charge in [0.05, 0.1) is 15.5 Å². The number of anilines is 2. The van der Waals surface area contributed by atoms with Crippen LogP contribution in [-0.4, -0.2) is 51.8 Å².